The number of benzene rings is 1. The van der Waals surface area contributed by atoms with Gasteiger partial charge in [-0.2, -0.15) is 0 Å². The highest BCUT2D eigenvalue weighted by Gasteiger charge is 2.56. The van der Waals surface area contributed by atoms with Gasteiger partial charge in [0.25, 0.3) is 0 Å². The largest absolute Gasteiger partial charge is 0.375 e. The molecule has 0 aliphatic carbocycles. The van der Waals surface area contributed by atoms with Crippen LogP contribution in [-0.4, -0.2) is 101 Å². The lowest BCUT2D eigenvalue weighted by atomic mass is 9.75. The number of carbonyl (C=O) groups is 3. The van der Waals surface area contributed by atoms with Crippen LogP contribution in [0.2, 0.25) is 0 Å². The molecule has 2 aliphatic rings. The number of hydrogen-bond donors (Lipinski definition) is 4. The van der Waals surface area contributed by atoms with Crippen molar-refractivity contribution in [1.29, 1.82) is 0 Å². The number of nitrogens with zero attached hydrogens (tertiary/aromatic N) is 5. The summed E-state index contributed by atoms with van der Waals surface area (Å²) in [5.41, 5.74) is 8.62. The van der Waals surface area contributed by atoms with Gasteiger partial charge >= 0.3 is 0 Å². The first-order valence-corrected chi connectivity index (χ1v) is 25.0. The fourth-order valence-corrected chi connectivity index (χ4v) is 10.5. The minimum absolute atomic E-state index is 0.0429. The van der Waals surface area contributed by atoms with E-state index in [4.69, 9.17) is 19.5 Å². The van der Waals surface area contributed by atoms with Gasteiger partial charge in [0.05, 0.1) is 34.2 Å². The molecule has 2 fully saturated rings. The third-order valence-corrected chi connectivity index (χ3v) is 13.9. The van der Waals surface area contributed by atoms with Crippen LogP contribution >= 0.6 is 11.3 Å². The van der Waals surface area contributed by atoms with Crippen LogP contribution in [-0.2, 0) is 38.5 Å². The highest BCUT2D eigenvalue weighted by Crippen LogP contribution is 2.43. The van der Waals surface area contributed by atoms with Crippen LogP contribution in [0, 0.1) is 23.2 Å². The van der Waals surface area contributed by atoms with E-state index in [0.29, 0.717) is 19.3 Å². The maximum absolute atomic E-state index is 14.2. The summed E-state index contributed by atoms with van der Waals surface area (Å²) < 4.78 is 8.22. The molecular weight excluding hydrogens is 883 g/mol. The van der Waals surface area contributed by atoms with E-state index in [9.17, 15) is 9.59 Å². The molecule has 1 aromatic carbocycles. The van der Waals surface area contributed by atoms with Gasteiger partial charge in [-0.3, -0.25) is 31.2 Å². The molecule has 2 saturated heterocycles. The summed E-state index contributed by atoms with van der Waals surface area (Å²) in [6.07, 6.45) is 13.3. The number of hydrogen-bond acceptors (Lipinski definition) is 11. The van der Waals surface area contributed by atoms with Crippen molar-refractivity contribution in [2.24, 2.45) is 23.0 Å². The van der Waals surface area contributed by atoms with Gasteiger partial charge in [-0.15, -0.1) is 17.3 Å². The monoisotopic (exact) mass is 964 g/mol. The molecule has 0 radical (unpaired) electrons. The zero-order valence-corrected chi connectivity index (χ0v) is 44.0. The lowest BCUT2D eigenvalue weighted by Gasteiger charge is -2.64. The Hall–Kier alpha value is -5.27. The molecule has 2 aliphatic heterocycles. The zero-order valence-electron chi connectivity index (χ0n) is 43.2. The van der Waals surface area contributed by atoms with Crippen LogP contribution in [0.5, 0.6) is 0 Å². The van der Waals surface area contributed by atoms with E-state index >= 15 is 0 Å². The second-order valence-electron chi connectivity index (χ2n) is 19.0. The van der Waals surface area contributed by atoms with Crippen LogP contribution in [0.3, 0.4) is 0 Å². The van der Waals surface area contributed by atoms with Crippen molar-refractivity contribution in [1.82, 2.24) is 35.0 Å². The molecule has 2 amide bonds. The summed E-state index contributed by atoms with van der Waals surface area (Å²) in [5, 5.41) is 10.1. The molecule has 6 rings (SSSR count). The summed E-state index contributed by atoms with van der Waals surface area (Å²) in [6.45, 7) is 30.1. The number of rotatable bonds is 22. The molecule has 376 valence electrons. The number of carbonyl (C=O) groups excluding carboxylic acids is 3. The third kappa shape index (κ3) is 15.4. The highest BCUT2D eigenvalue weighted by atomic mass is 32.1. The number of hydrazine groups is 1. The Balaban J connectivity index is 0.00000104. The van der Waals surface area contributed by atoms with Crippen molar-refractivity contribution < 1.29 is 19.1 Å². The smallest absolute Gasteiger partial charge is 0.237 e. The summed E-state index contributed by atoms with van der Waals surface area (Å²) in [4.78, 5) is 49.7. The van der Waals surface area contributed by atoms with Gasteiger partial charge in [0, 0.05) is 98.4 Å². The van der Waals surface area contributed by atoms with Crippen LogP contribution in [0.15, 0.2) is 79.4 Å². The quantitative estimate of drug-likeness (QED) is 0.0196. The number of aromatic nitrogens is 3. The number of nitrogens with two attached hydrogens (primary N) is 2. The van der Waals surface area contributed by atoms with E-state index in [1.54, 1.807) is 38.5 Å². The van der Waals surface area contributed by atoms with Gasteiger partial charge in [-0.1, -0.05) is 71.1 Å². The average molecular weight is 964 g/mol. The summed E-state index contributed by atoms with van der Waals surface area (Å²) in [6, 6.07) is 10.7. The second-order valence-corrected chi connectivity index (χ2v) is 19.9. The lowest BCUT2D eigenvalue weighted by Crippen LogP contribution is -2.79. The Kier molecular flexibility index (Phi) is 23.9. The number of nitrogens with one attached hydrogen (secondary N) is 2. The molecule has 3 unspecified atom stereocenters. The van der Waals surface area contributed by atoms with E-state index in [1.165, 1.54) is 16.5 Å². The predicted octanol–water partition coefficient (Wildman–Crippen LogP) is 8.83. The number of aldehydes is 1. The van der Waals surface area contributed by atoms with Crippen molar-refractivity contribution in [2.75, 3.05) is 40.8 Å². The number of allylic oxidation sites excluding steroid dienone is 3. The van der Waals surface area contributed by atoms with E-state index in [1.807, 2.05) is 25.3 Å². The molecule has 0 bridgehead atoms. The standard InChI is InChI=1S/C48H66N6O3S.C5H6.C2H5NO.H4N2/c1-11-33(5)16-13-17-36(50-46(56)44(32(3)4)54-24-22-48(54)30-52(9)31-48)27-42-51-40(29-58-42)35-19-20-41-38(26-35)39(28-47(7,8)21-15-25-55)45(53(41)12-2)37-18-14-23-49-43(37)34(6)57-10;1-3-5-4-2;1-3-2-4;1-2/h11,14,18-20,23,25-26,29,32,34,36,44H,1,5,12-13,15-17,21-22,24,27-28,30-31H2,2-4,6-10H3,(H,50,56);3H,1H2,2H3;2H,1H3,(H,3,4);1-2H2. The third-order valence-electron chi connectivity index (χ3n) is 13.0. The molecule has 3 aromatic heterocycles. The van der Waals surface area contributed by atoms with Crippen LogP contribution in [0.1, 0.15) is 109 Å². The molecule has 3 atom stereocenters. The molecular formula is C55H81N9O4S. The molecule has 0 saturated carbocycles. The number of likely N-dealkylation sites (tertiary alicyclic amines) is 2. The van der Waals surface area contributed by atoms with E-state index in [2.05, 4.69) is 140 Å². The molecule has 4 aromatic rings. The first kappa shape index (κ1) is 58.0. The van der Waals surface area contributed by atoms with Gasteiger partial charge in [0.1, 0.15) is 6.29 Å². The van der Waals surface area contributed by atoms with E-state index in [0.717, 1.165) is 110 Å². The fourth-order valence-electron chi connectivity index (χ4n) is 9.60. The summed E-state index contributed by atoms with van der Waals surface area (Å²) in [5.74, 6) is 13.6. The maximum atomic E-state index is 14.2. The molecule has 1 spiro atoms. The number of ether oxygens (including phenoxy) is 1. The number of aryl methyl sites for hydroxylation is 1. The molecule has 14 heteroatoms. The summed E-state index contributed by atoms with van der Waals surface area (Å²) >= 11 is 1.67. The predicted molar refractivity (Wildman–Crippen MR) is 286 cm³/mol. The number of amides is 2. The number of thiazole rings is 1. The van der Waals surface area contributed by atoms with Crippen molar-refractivity contribution in [3.8, 4) is 34.4 Å². The Morgan fingerprint density at radius 1 is 1.14 bits per heavy atom. The number of fused-ring (bicyclic) bond motifs is 1. The first-order chi connectivity index (χ1) is 33.1. The van der Waals surface area contributed by atoms with E-state index in [-0.39, 0.29) is 41.0 Å². The minimum Gasteiger partial charge on any atom is -0.375 e. The number of likely N-dealkylation sites (N-methyl/N-ethyl adjacent to an activating group) is 1. The minimum atomic E-state index is -0.178. The molecule has 6 N–H and O–H groups in total. The normalized spacial score (nSPS) is 15.1. The summed E-state index contributed by atoms with van der Waals surface area (Å²) in [7, 11) is 5.45. The SMILES string of the molecule is C=CC#CC.C=CC(=C)CCCC(Cc1nc(-c2ccc3c(c2)c(CC(C)(C)CCC=O)c(-c2cccnc2C(C)OC)n3CC)cs1)NC(=O)C(C(C)C)N1CCC12CN(C)C2.CNC=O.NN. The van der Waals surface area contributed by atoms with Crippen LogP contribution in [0.25, 0.3) is 33.4 Å². The van der Waals surface area contributed by atoms with Crippen molar-refractivity contribution in [2.45, 2.75) is 130 Å². The topological polar surface area (TPSA) is 174 Å². The van der Waals surface area contributed by atoms with Crippen LogP contribution in [0.4, 0.5) is 0 Å². The second kappa shape index (κ2) is 28.4. The number of pyridine rings is 1. The Labute approximate surface area is 417 Å². The van der Waals surface area contributed by atoms with Crippen LogP contribution < -0.4 is 22.3 Å². The van der Waals surface area contributed by atoms with Gasteiger partial charge in [0.2, 0.25) is 12.3 Å². The molecule has 5 heterocycles. The van der Waals surface area contributed by atoms with Gasteiger partial charge < -0.3 is 29.6 Å². The highest BCUT2D eigenvalue weighted by molar-refractivity contribution is 7.10. The van der Waals surface area contributed by atoms with Gasteiger partial charge in [0.15, 0.2) is 0 Å². The molecule has 13 nitrogen and oxygen atoms in total. The Morgan fingerprint density at radius 2 is 1.86 bits per heavy atom. The maximum Gasteiger partial charge on any atom is 0.237 e. The average Bonchev–Trinajstić information content (AvgIpc) is 3.92. The molecule has 69 heavy (non-hydrogen) atoms. The van der Waals surface area contributed by atoms with Gasteiger partial charge in [-0.25, -0.2) is 4.98 Å². The van der Waals surface area contributed by atoms with Crippen molar-refractivity contribution in [3.05, 3.63) is 95.6 Å². The Morgan fingerprint density at radius 3 is 2.39 bits per heavy atom. The first-order valence-electron chi connectivity index (χ1n) is 24.1. The fraction of sp³-hybridized carbons (Fsp3) is 0.509. The Bertz CT molecular complexity index is 2370. The lowest BCUT2D eigenvalue weighted by molar-refractivity contribution is -0.161. The van der Waals surface area contributed by atoms with E-state index < -0.39 is 0 Å². The zero-order chi connectivity index (χ0) is 51.3. The number of methoxy groups -OCH3 is 1. The van der Waals surface area contributed by atoms with Crippen molar-refractivity contribution in [3.63, 3.8) is 0 Å². The van der Waals surface area contributed by atoms with Gasteiger partial charge in [-0.05, 0) is 114 Å². The van der Waals surface area contributed by atoms with Crippen molar-refractivity contribution >= 4 is 40.8 Å².